The Labute approximate surface area is 237 Å². The van der Waals surface area contributed by atoms with Gasteiger partial charge in [-0.3, -0.25) is 0 Å². The molecule has 4 rings (SSSR count). The van der Waals surface area contributed by atoms with Crippen LogP contribution >= 0.6 is 0 Å². The Hall–Kier alpha value is -3.04. The van der Waals surface area contributed by atoms with Crippen LogP contribution in [0, 0.1) is 11.8 Å². The fourth-order valence-corrected chi connectivity index (χ4v) is 5.83. The summed E-state index contributed by atoms with van der Waals surface area (Å²) in [5.74, 6) is -1.51. The Bertz CT molecular complexity index is 1180. The molecule has 13 heteroatoms. The molecule has 2 aromatic rings. The number of hydrogen-bond donors (Lipinski definition) is 7. The predicted molar refractivity (Wildman–Crippen MR) is 142 cm³/mol. The van der Waals surface area contributed by atoms with Crippen molar-refractivity contribution in [1.29, 1.82) is 0 Å². The monoisotopic (exact) mass is 582 g/mol. The number of rotatable bonds is 10. The molecule has 228 valence electrons. The maximum absolute atomic E-state index is 11.0. The molecule has 0 bridgehead atoms. The normalized spacial score (nSPS) is 29.5. The first kappa shape index (κ1) is 30.9. The number of aliphatic hydroxyl groups excluding tert-OH is 5. The van der Waals surface area contributed by atoms with E-state index in [9.17, 15) is 35.7 Å². The number of hydrogen-bond acceptors (Lipinski definition) is 13. The van der Waals surface area contributed by atoms with Crippen LogP contribution in [0.15, 0.2) is 18.2 Å². The molecule has 1 aliphatic heterocycles. The van der Waals surface area contributed by atoms with E-state index >= 15 is 0 Å². The fraction of sp³-hybridized carbons (Fsp3) is 0.571. The second kappa shape index (κ2) is 12.9. The lowest BCUT2D eigenvalue weighted by molar-refractivity contribution is -0.304. The zero-order chi connectivity index (χ0) is 30.0. The number of ether oxygens (including phenoxy) is 6. The molecule has 8 atom stereocenters. The zero-order valence-corrected chi connectivity index (χ0v) is 23.3. The molecule has 7 N–H and O–H groups in total. The van der Waals surface area contributed by atoms with E-state index in [1.54, 1.807) is 18.2 Å². The van der Waals surface area contributed by atoms with Crippen molar-refractivity contribution in [1.82, 2.24) is 0 Å². The quantitative estimate of drug-likeness (QED) is 0.196. The second-order valence-electron chi connectivity index (χ2n) is 10.1. The lowest BCUT2D eigenvalue weighted by atomic mass is 9.66. The van der Waals surface area contributed by atoms with Crippen molar-refractivity contribution in [3.05, 3.63) is 34.9 Å². The minimum Gasteiger partial charge on any atom is -0.502 e. The summed E-state index contributed by atoms with van der Waals surface area (Å²) in [4.78, 5) is 0. The Kier molecular flexibility index (Phi) is 9.70. The minimum atomic E-state index is -1.63. The van der Waals surface area contributed by atoms with E-state index in [4.69, 9.17) is 28.4 Å². The van der Waals surface area contributed by atoms with Gasteiger partial charge in [0, 0.05) is 18.1 Å². The Morgan fingerprint density at radius 1 is 0.780 bits per heavy atom. The predicted octanol–water partition coefficient (Wildman–Crippen LogP) is -0.139. The first-order valence-corrected chi connectivity index (χ1v) is 13.1. The van der Waals surface area contributed by atoms with Gasteiger partial charge in [0.25, 0.3) is 0 Å². The summed E-state index contributed by atoms with van der Waals surface area (Å²) in [5, 5.41) is 72.6. The van der Waals surface area contributed by atoms with Crippen molar-refractivity contribution in [3.8, 4) is 34.5 Å². The standard InChI is InChI=1S/C28H38O13/c1-36-16-7-13(8-17(37-2)22(16)31)20-15(11-40-28-26(35)25(34)23(32)19(10-30)41-28)14(9-29)5-12-6-18(38-3)24(33)27(39-4)21(12)20/h6-8,14-15,19-20,23,25-26,28-35H,5,9-11H2,1-4H3/t14-,15-,19+,20-,23+,25-,26+,28+/m0/s1. The van der Waals surface area contributed by atoms with E-state index in [2.05, 4.69) is 0 Å². The molecule has 0 amide bonds. The third-order valence-electron chi connectivity index (χ3n) is 7.99. The van der Waals surface area contributed by atoms with Crippen LogP contribution in [0.1, 0.15) is 22.6 Å². The molecule has 41 heavy (non-hydrogen) atoms. The largest absolute Gasteiger partial charge is 0.502 e. The van der Waals surface area contributed by atoms with Gasteiger partial charge in [-0.1, -0.05) is 0 Å². The number of aliphatic hydroxyl groups is 5. The molecule has 1 aliphatic carbocycles. The van der Waals surface area contributed by atoms with Gasteiger partial charge in [-0.15, -0.1) is 0 Å². The number of aromatic hydroxyl groups is 2. The van der Waals surface area contributed by atoms with Gasteiger partial charge in [-0.25, -0.2) is 0 Å². The summed E-state index contributed by atoms with van der Waals surface area (Å²) >= 11 is 0. The smallest absolute Gasteiger partial charge is 0.201 e. The summed E-state index contributed by atoms with van der Waals surface area (Å²) in [6, 6.07) is 4.88. The van der Waals surface area contributed by atoms with E-state index in [0.29, 0.717) is 17.5 Å². The molecule has 1 fully saturated rings. The summed E-state index contributed by atoms with van der Waals surface area (Å²) in [5.41, 5.74) is 1.88. The lowest BCUT2D eigenvalue weighted by Gasteiger charge is -2.43. The second-order valence-corrected chi connectivity index (χ2v) is 10.1. The molecule has 0 unspecified atom stereocenters. The first-order chi connectivity index (χ1) is 19.6. The topological polar surface area (TPSA) is 197 Å². The van der Waals surface area contributed by atoms with Crippen molar-refractivity contribution in [2.24, 2.45) is 11.8 Å². The average Bonchev–Trinajstić information content (AvgIpc) is 2.98. The molecule has 0 spiro atoms. The summed E-state index contributed by atoms with van der Waals surface area (Å²) < 4.78 is 33.3. The van der Waals surface area contributed by atoms with Gasteiger partial charge in [0.15, 0.2) is 29.3 Å². The summed E-state index contributed by atoms with van der Waals surface area (Å²) in [7, 11) is 5.60. The number of methoxy groups -OCH3 is 4. The molecular weight excluding hydrogens is 544 g/mol. The highest BCUT2D eigenvalue weighted by Gasteiger charge is 2.46. The van der Waals surface area contributed by atoms with E-state index in [0.717, 1.165) is 5.56 Å². The van der Waals surface area contributed by atoms with E-state index in [1.165, 1.54) is 28.4 Å². The Morgan fingerprint density at radius 3 is 1.93 bits per heavy atom. The van der Waals surface area contributed by atoms with E-state index < -0.39 is 55.1 Å². The molecular formula is C28H38O13. The Balaban J connectivity index is 1.85. The van der Waals surface area contributed by atoms with Gasteiger partial charge in [0.05, 0.1) is 41.7 Å². The van der Waals surface area contributed by atoms with Crippen molar-refractivity contribution in [2.45, 2.75) is 43.0 Å². The highest BCUT2D eigenvalue weighted by Crippen LogP contribution is 2.54. The fourth-order valence-electron chi connectivity index (χ4n) is 5.83. The van der Waals surface area contributed by atoms with E-state index in [1.807, 2.05) is 0 Å². The van der Waals surface area contributed by atoms with Gasteiger partial charge in [0.2, 0.25) is 11.5 Å². The molecule has 0 saturated carbocycles. The number of phenolic OH excluding ortho intramolecular Hbond substituents is 2. The van der Waals surface area contributed by atoms with Crippen molar-refractivity contribution < 1.29 is 64.2 Å². The van der Waals surface area contributed by atoms with Gasteiger partial charge < -0.3 is 64.2 Å². The van der Waals surface area contributed by atoms with Gasteiger partial charge in [-0.2, -0.15) is 0 Å². The van der Waals surface area contributed by atoms with Crippen LogP contribution in [-0.4, -0.2) is 115 Å². The van der Waals surface area contributed by atoms with Crippen molar-refractivity contribution >= 4 is 0 Å². The molecule has 1 saturated heterocycles. The maximum atomic E-state index is 11.0. The maximum Gasteiger partial charge on any atom is 0.201 e. The lowest BCUT2D eigenvalue weighted by Crippen LogP contribution is -2.59. The SMILES string of the molecule is COc1cc([C@@H]2c3c(cc(OC)c(O)c3OC)C[C@@H](CO)[C@@H]2CO[C@@H]2O[C@H](CO)[C@@H](O)[C@H](O)[C@H]2O)cc(OC)c1O. The van der Waals surface area contributed by atoms with Crippen LogP contribution in [0.4, 0.5) is 0 Å². The first-order valence-electron chi connectivity index (χ1n) is 13.1. The van der Waals surface area contributed by atoms with Gasteiger partial charge >= 0.3 is 0 Å². The third-order valence-corrected chi connectivity index (χ3v) is 7.99. The van der Waals surface area contributed by atoms with Crippen LogP contribution in [0.2, 0.25) is 0 Å². The molecule has 1 heterocycles. The molecule has 0 radical (unpaired) electrons. The van der Waals surface area contributed by atoms with Crippen LogP contribution < -0.4 is 18.9 Å². The highest BCUT2D eigenvalue weighted by atomic mass is 16.7. The molecule has 13 nitrogen and oxygen atoms in total. The summed E-state index contributed by atoms with van der Waals surface area (Å²) in [6.07, 6.45) is -7.02. The van der Waals surface area contributed by atoms with Crippen LogP contribution in [-0.2, 0) is 15.9 Å². The number of phenols is 2. The van der Waals surface area contributed by atoms with Crippen molar-refractivity contribution in [2.75, 3.05) is 48.3 Å². The average molecular weight is 583 g/mol. The molecule has 2 aromatic carbocycles. The van der Waals surface area contributed by atoms with Gasteiger partial charge in [0.1, 0.15) is 24.4 Å². The molecule has 0 aromatic heterocycles. The van der Waals surface area contributed by atoms with Crippen LogP contribution in [0.25, 0.3) is 0 Å². The number of benzene rings is 2. The van der Waals surface area contributed by atoms with Gasteiger partial charge in [-0.05, 0) is 47.6 Å². The van der Waals surface area contributed by atoms with Crippen LogP contribution in [0.3, 0.4) is 0 Å². The molecule has 2 aliphatic rings. The van der Waals surface area contributed by atoms with E-state index in [-0.39, 0.29) is 47.7 Å². The van der Waals surface area contributed by atoms with Crippen molar-refractivity contribution in [3.63, 3.8) is 0 Å². The minimum absolute atomic E-state index is 0.123. The third kappa shape index (κ3) is 5.58. The van der Waals surface area contributed by atoms with Crippen LogP contribution in [0.5, 0.6) is 34.5 Å². The Morgan fingerprint density at radius 2 is 1.39 bits per heavy atom. The summed E-state index contributed by atoms with van der Waals surface area (Å²) in [6.45, 7) is -1.02. The zero-order valence-electron chi connectivity index (χ0n) is 23.3. The number of fused-ring (bicyclic) bond motifs is 1. The highest BCUT2D eigenvalue weighted by molar-refractivity contribution is 5.64.